The van der Waals surface area contributed by atoms with Gasteiger partial charge in [-0.05, 0) is 106 Å². The average Bonchev–Trinajstić information content (AvgIpc) is 2.85. The summed E-state index contributed by atoms with van der Waals surface area (Å²) < 4.78 is 49.0. The number of rotatable bonds is 6. The molecule has 2 saturated carbocycles. The zero-order chi connectivity index (χ0) is 23.4. The summed E-state index contributed by atoms with van der Waals surface area (Å²) in [4.78, 5) is 0. The Balaban J connectivity index is 1.42. The van der Waals surface area contributed by atoms with Gasteiger partial charge in [0.05, 0.1) is 6.26 Å². The van der Waals surface area contributed by atoms with Gasteiger partial charge in [-0.3, -0.25) is 0 Å². The van der Waals surface area contributed by atoms with Crippen molar-refractivity contribution in [2.75, 3.05) is 0 Å². The van der Waals surface area contributed by atoms with Gasteiger partial charge in [0, 0.05) is 11.1 Å². The predicted octanol–water partition coefficient (Wildman–Crippen LogP) is 8.95. The van der Waals surface area contributed by atoms with Gasteiger partial charge in [0.15, 0.2) is 11.6 Å². The molecule has 0 atom stereocenters. The monoisotopic (exact) mass is 454 g/mol. The van der Waals surface area contributed by atoms with E-state index in [4.69, 9.17) is 4.74 Å². The maximum absolute atomic E-state index is 15.0. The van der Waals surface area contributed by atoms with E-state index in [1.807, 2.05) is 6.07 Å². The zero-order valence-electron chi connectivity index (χ0n) is 19.3. The Kier molecular flexibility index (Phi) is 7.62. The summed E-state index contributed by atoms with van der Waals surface area (Å²) in [5, 5.41) is 0. The van der Waals surface area contributed by atoms with Gasteiger partial charge in [0.25, 0.3) is 0 Å². The van der Waals surface area contributed by atoms with Gasteiger partial charge in [-0.1, -0.05) is 24.3 Å². The molecule has 0 amide bonds. The van der Waals surface area contributed by atoms with Crippen molar-refractivity contribution in [1.29, 1.82) is 0 Å². The van der Waals surface area contributed by atoms with Crippen molar-refractivity contribution in [1.82, 2.24) is 0 Å². The van der Waals surface area contributed by atoms with Crippen LogP contribution >= 0.6 is 0 Å². The lowest BCUT2D eigenvalue weighted by Gasteiger charge is -2.37. The zero-order valence-corrected chi connectivity index (χ0v) is 19.3. The second-order valence-electron chi connectivity index (χ2n) is 9.59. The van der Waals surface area contributed by atoms with Crippen LogP contribution in [-0.2, 0) is 0 Å². The molecule has 2 aromatic rings. The van der Waals surface area contributed by atoms with E-state index in [2.05, 4.69) is 12.7 Å². The highest BCUT2D eigenvalue weighted by Crippen LogP contribution is 2.44. The minimum absolute atomic E-state index is 0.0698. The molecule has 4 rings (SSSR count). The van der Waals surface area contributed by atoms with Gasteiger partial charge in [0.1, 0.15) is 5.82 Å². The summed E-state index contributed by atoms with van der Waals surface area (Å²) >= 11 is 0. The number of ether oxygens (including phenoxy) is 1. The molecule has 0 saturated heterocycles. The van der Waals surface area contributed by atoms with Crippen LogP contribution < -0.4 is 4.74 Å². The van der Waals surface area contributed by atoms with E-state index in [0.29, 0.717) is 11.8 Å². The molecule has 1 nitrogen and oxygen atoms in total. The lowest BCUT2D eigenvalue weighted by molar-refractivity contribution is 0.171. The SMILES string of the molecule is C=CC1CCC(C2CCC(c3ccc(-c4ccc(OC=CC)c(F)c4F)c(F)c3)CC2)CC1. The first-order valence-electron chi connectivity index (χ1n) is 12.2. The molecule has 0 aliphatic heterocycles. The molecule has 0 spiro atoms. The molecule has 0 bridgehead atoms. The lowest BCUT2D eigenvalue weighted by Crippen LogP contribution is -2.25. The lowest BCUT2D eigenvalue weighted by atomic mass is 9.68. The van der Waals surface area contributed by atoms with Crippen LogP contribution in [0, 0.1) is 35.2 Å². The topological polar surface area (TPSA) is 9.23 Å². The van der Waals surface area contributed by atoms with Crippen LogP contribution in [0.4, 0.5) is 13.2 Å². The van der Waals surface area contributed by atoms with Crippen LogP contribution in [-0.4, -0.2) is 0 Å². The fraction of sp³-hybridized carbons (Fsp3) is 0.448. The van der Waals surface area contributed by atoms with Crippen LogP contribution in [0.25, 0.3) is 11.1 Å². The molecular formula is C29H33F3O. The molecular weight excluding hydrogens is 421 g/mol. The Bertz CT molecular complexity index is 996. The fourth-order valence-electron chi connectivity index (χ4n) is 5.75. The normalized spacial score (nSPS) is 25.8. The number of halogens is 3. The summed E-state index contributed by atoms with van der Waals surface area (Å²) in [6.45, 7) is 5.65. The van der Waals surface area contributed by atoms with Crippen LogP contribution in [0.15, 0.2) is 55.3 Å². The Labute approximate surface area is 195 Å². The smallest absolute Gasteiger partial charge is 0.201 e. The van der Waals surface area contributed by atoms with Crippen molar-refractivity contribution in [3.63, 3.8) is 0 Å². The van der Waals surface area contributed by atoms with E-state index in [1.165, 1.54) is 63.0 Å². The van der Waals surface area contributed by atoms with Crippen LogP contribution in [0.5, 0.6) is 5.75 Å². The Morgan fingerprint density at radius 3 is 2.06 bits per heavy atom. The number of hydrogen-bond donors (Lipinski definition) is 0. The van der Waals surface area contributed by atoms with Crippen molar-refractivity contribution >= 4 is 0 Å². The Hall–Kier alpha value is -2.49. The molecule has 176 valence electrons. The maximum atomic E-state index is 15.0. The average molecular weight is 455 g/mol. The summed E-state index contributed by atoms with van der Waals surface area (Å²) in [7, 11) is 0. The van der Waals surface area contributed by atoms with Crippen LogP contribution in [0.1, 0.15) is 69.8 Å². The van der Waals surface area contributed by atoms with Crippen molar-refractivity contribution in [2.45, 2.75) is 64.2 Å². The summed E-state index contributed by atoms with van der Waals surface area (Å²) in [6.07, 6.45) is 14.6. The molecule has 0 radical (unpaired) electrons. The highest BCUT2D eigenvalue weighted by molar-refractivity contribution is 5.66. The first-order chi connectivity index (χ1) is 16.0. The second-order valence-corrected chi connectivity index (χ2v) is 9.59. The molecule has 33 heavy (non-hydrogen) atoms. The van der Waals surface area contributed by atoms with E-state index < -0.39 is 17.5 Å². The summed E-state index contributed by atoms with van der Waals surface area (Å²) in [6, 6.07) is 7.65. The van der Waals surface area contributed by atoms with E-state index in [9.17, 15) is 8.78 Å². The van der Waals surface area contributed by atoms with E-state index >= 15 is 4.39 Å². The predicted molar refractivity (Wildman–Crippen MR) is 128 cm³/mol. The van der Waals surface area contributed by atoms with Gasteiger partial charge >= 0.3 is 0 Å². The number of hydrogen-bond acceptors (Lipinski definition) is 1. The first kappa shape index (κ1) is 23.7. The molecule has 4 heteroatoms. The fourth-order valence-corrected chi connectivity index (χ4v) is 5.75. The molecule has 0 N–H and O–H groups in total. The minimum Gasteiger partial charge on any atom is -0.462 e. The highest BCUT2D eigenvalue weighted by Gasteiger charge is 2.31. The van der Waals surface area contributed by atoms with E-state index in [0.717, 1.165) is 30.2 Å². The Morgan fingerprint density at radius 2 is 1.45 bits per heavy atom. The van der Waals surface area contributed by atoms with Crippen LogP contribution in [0.3, 0.4) is 0 Å². The molecule has 2 aliphatic rings. The third kappa shape index (κ3) is 5.20. The van der Waals surface area contributed by atoms with Gasteiger partial charge in [0.2, 0.25) is 5.82 Å². The quantitative estimate of drug-likeness (QED) is 0.313. The van der Waals surface area contributed by atoms with Gasteiger partial charge in [-0.2, -0.15) is 4.39 Å². The highest BCUT2D eigenvalue weighted by atomic mass is 19.2. The molecule has 0 unspecified atom stereocenters. The maximum Gasteiger partial charge on any atom is 0.201 e. The number of benzene rings is 2. The molecule has 0 aromatic heterocycles. The van der Waals surface area contributed by atoms with Gasteiger partial charge in [-0.25, -0.2) is 8.78 Å². The standard InChI is InChI=1S/C29H33F3O/c1-3-17-33-27-16-15-25(28(31)29(27)32)24-14-13-23(18-26(24)30)22-11-9-21(10-12-22)20-7-5-19(4-2)6-8-20/h3-4,13-22H,2,5-12H2,1H3. The van der Waals surface area contributed by atoms with Crippen molar-refractivity contribution in [3.05, 3.63) is 78.3 Å². The third-order valence-electron chi connectivity index (χ3n) is 7.72. The number of allylic oxidation sites excluding steroid dienone is 2. The summed E-state index contributed by atoms with van der Waals surface area (Å²) in [5.74, 6) is -0.346. The molecule has 0 heterocycles. The molecule has 2 fully saturated rings. The largest absolute Gasteiger partial charge is 0.462 e. The molecule has 2 aliphatic carbocycles. The molecule has 2 aromatic carbocycles. The van der Waals surface area contributed by atoms with E-state index in [-0.39, 0.29) is 16.9 Å². The summed E-state index contributed by atoms with van der Waals surface area (Å²) in [5.41, 5.74) is 0.933. The van der Waals surface area contributed by atoms with Gasteiger partial charge in [-0.15, -0.1) is 6.58 Å². The Morgan fingerprint density at radius 1 is 0.818 bits per heavy atom. The van der Waals surface area contributed by atoms with Crippen LogP contribution in [0.2, 0.25) is 0 Å². The van der Waals surface area contributed by atoms with E-state index in [1.54, 1.807) is 19.1 Å². The van der Waals surface area contributed by atoms with Crippen molar-refractivity contribution < 1.29 is 17.9 Å². The minimum atomic E-state index is -1.12. The first-order valence-corrected chi connectivity index (χ1v) is 12.2. The van der Waals surface area contributed by atoms with Crippen molar-refractivity contribution in [2.24, 2.45) is 17.8 Å². The third-order valence-corrected chi connectivity index (χ3v) is 7.72. The van der Waals surface area contributed by atoms with Crippen molar-refractivity contribution in [3.8, 4) is 16.9 Å². The second kappa shape index (κ2) is 10.6. The van der Waals surface area contributed by atoms with Gasteiger partial charge < -0.3 is 4.74 Å².